The molecule has 10 nitrogen and oxygen atoms in total. The molecule has 2 aliphatic carbocycles. The molecule has 0 amide bonds. The molecule has 0 N–H and O–H groups in total. The van der Waals surface area contributed by atoms with Crippen LogP contribution in [-0.2, 0) is 12.4 Å². The summed E-state index contributed by atoms with van der Waals surface area (Å²) in [4.78, 5) is 13.2. The Kier molecular flexibility index (Phi) is 7.15. The van der Waals surface area contributed by atoms with E-state index in [1.54, 1.807) is 24.3 Å². The second kappa shape index (κ2) is 10.8. The fourth-order valence-electron chi connectivity index (χ4n) is 5.03. The van der Waals surface area contributed by atoms with Gasteiger partial charge < -0.3 is 0 Å². The predicted molar refractivity (Wildman–Crippen MR) is 142 cm³/mol. The summed E-state index contributed by atoms with van der Waals surface area (Å²) < 4.78 is 78.8. The number of allylic oxidation sites excluding steroid dienone is 8. The number of nitrogens with zero attached hydrogens (tertiary/aromatic N) is 10. The van der Waals surface area contributed by atoms with E-state index in [0.717, 1.165) is 24.8 Å². The number of aromatic nitrogens is 4. The van der Waals surface area contributed by atoms with Gasteiger partial charge in [0.25, 0.3) is 0 Å². The number of benzene rings is 1. The zero-order valence-corrected chi connectivity index (χ0v) is 22.2. The van der Waals surface area contributed by atoms with Gasteiger partial charge in [-0.05, 0) is 23.3 Å². The Morgan fingerprint density at radius 2 is 0.804 bits per heavy atom. The van der Waals surface area contributed by atoms with Gasteiger partial charge in [0.2, 0.25) is 11.6 Å². The van der Waals surface area contributed by atoms with Crippen LogP contribution in [0.25, 0.3) is 33.4 Å². The molecule has 2 aromatic heterocycles. The van der Waals surface area contributed by atoms with Gasteiger partial charge in [-0.1, -0.05) is 0 Å². The second-order valence-corrected chi connectivity index (χ2v) is 9.20. The molecular weight excluding hydrogens is 614 g/mol. The first-order valence-electron chi connectivity index (χ1n) is 12.2. The standard InChI is InChI=1S/C30H6F6N10/c31-29(32,33)27-43-9-15(10-44-27)25-21(7-41)17-1-18-20(2-19(17)23(25)13(3-37)4-38)24(14(5-39)6-40)26(22(18)8-42)16-11-45-28(46-12-16)30(34,35)36/h1-2,9-12H. The van der Waals surface area contributed by atoms with Gasteiger partial charge in [-0.3, -0.25) is 0 Å². The Labute approximate surface area is 253 Å². The van der Waals surface area contributed by atoms with Crippen molar-refractivity contribution in [3.63, 3.8) is 0 Å². The van der Waals surface area contributed by atoms with Gasteiger partial charge in [0.1, 0.15) is 47.6 Å². The lowest BCUT2D eigenvalue weighted by molar-refractivity contribution is -0.145. The predicted octanol–water partition coefficient (Wildman–Crippen LogP) is 5.80. The number of halogens is 6. The highest BCUT2D eigenvalue weighted by Crippen LogP contribution is 2.54. The Hall–Kier alpha value is -7.14. The molecular formula is C30H6F6N10. The summed E-state index contributed by atoms with van der Waals surface area (Å²) in [6, 6.07) is 13.0. The lowest BCUT2D eigenvalue weighted by Crippen LogP contribution is -2.10. The van der Waals surface area contributed by atoms with E-state index in [1.807, 2.05) is 12.1 Å². The van der Waals surface area contributed by atoms with E-state index in [9.17, 15) is 57.9 Å². The fourth-order valence-corrected chi connectivity index (χ4v) is 5.03. The molecule has 2 aliphatic rings. The lowest BCUT2D eigenvalue weighted by Gasteiger charge is -2.12. The van der Waals surface area contributed by atoms with Crippen molar-refractivity contribution in [3.8, 4) is 36.4 Å². The molecule has 0 unspecified atom stereocenters. The van der Waals surface area contributed by atoms with Crippen LogP contribution in [0.5, 0.6) is 0 Å². The Bertz CT molecular complexity index is 2070. The molecule has 0 aliphatic heterocycles. The SMILES string of the molecule is N#CC(C#N)=C1C(c2cnc(C(F)(F)F)nc2)=C(C#N)c2cc3c(cc21)C(=C(C#N)C#N)C(c1cnc(C(F)(F)F)nc1)=C3C#N. The topological polar surface area (TPSA) is 194 Å². The van der Waals surface area contributed by atoms with E-state index in [2.05, 4.69) is 19.9 Å². The minimum atomic E-state index is -4.90. The summed E-state index contributed by atoms with van der Waals surface area (Å²) in [6.45, 7) is 0. The number of nitriles is 6. The maximum Gasteiger partial charge on any atom is 0.451 e. The zero-order valence-electron chi connectivity index (χ0n) is 22.2. The largest absolute Gasteiger partial charge is 0.451 e. The van der Waals surface area contributed by atoms with E-state index < -0.39 is 35.1 Å². The average Bonchev–Trinajstić information content (AvgIpc) is 3.52. The maximum atomic E-state index is 13.1. The van der Waals surface area contributed by atoms with Crippen molar-refractivity contribution in [2.75, 3.05) is 0 Å². The van der Waals surface area contributed by atoms with Crippen LogP contribution in [-0.4, -0.2) is 19.9 Å². The van der Waals surface area contributed by atoms with Crippen molar-refractivity contribution in [2.24, 2.45) is 0 Å². The zero-order chi connectivity index (χ0) is 33.6. The third kappa shape index (κ3) is 4.66. The monoisotopic (exact) mass is 620 g/mol. The van der Waals surface area contributed by atoms with Crippen molar-refractivity contribution >= 4 is 33.4 Å². The minimum absolute atomic E-state index is 0.00163. The van der Waals surface area contributed by atoms with Gasteiger partial charge in [-0.15, -0.1) is 0 Å². The lowest BCUT2D eigenvalue weighted by atomic mass is 9.90. The van der Waals surface area contributed by atoms with Crippen LogP contribution in [0.4, 0.5) is 26.3 Å². The van der Waals surface area contributed by atoms with Crippen LogP contribution in [0, 0.1) is 68.0 Å². The van der Waals surface area contributed by atoms with Crippen molar-refractivity contribution in [3.05, 3.63) is 93.1 Å². The highest BCUT2D eigenvalue weighted by molar-refractivity contribution is 6.29. The molecule has 46 heavy (non-hydrogen) atoms. The smallest absolute Gasteiger partial charge is 0.232 e. The Balaban J connectivity index is 1.86. The molecule has 0 atom stereocenters. The molecule has 218 valence electrons. The van der Waals surface area contributed by atoms with Crippen LogP contribution in [0.2, 0.25) is 0 Å². The summed E-state index contributed by atoms with van der Waals surface area (Å²) in [5.41, 5.74) is -2.68. The molecule has 0 fully saturated rings. The van der Waals surface area contributed by atoms with E-state index in [0.29, 0.717) is 0 Å². The number of hydrogen-bond donors (Lipinski definition) is 0. The molecule has 0 saturated heterocycles. The van der Waals surface area contributed by atoms with Gasteiger partial charge >= 0.3 is 12.4 Å². The summed E-state index contributed by atoms with van der Waals surface area (Å²) in [5, 5.41) is 59.5. The first kappa shape index (κ1) is 30.3. The summed E-state index contributed by atoms with van der Waals surface area (Å²) in [5.74, 6) is -2.98. The van der Waals surface area contributed by atoms with E-state index in [4.69, 9.17) is 0 Å². The number of fused-ring (bicyclic) bond motifs is 2. The van der Waals surface area contributed by atoms with Crippen molar-refractivity contribution in [1.29, 1.82) is 31.6 Å². The molecule has 16 heteroatoms. The van der Waals surface area contributed by atoms with Gasteiger partial charge in [0.15, 0.2) is 0 Å². The number of hydrogen-bond acceptors (Lipinski definition) is 10. The number of rotatable bonds is 2. The van der Waals surface area contributed by atoms with Crippen molar-refractivity contribution < 1.29 is 26.3 Å². The van der Waals surface area contributed by atoms with Crippen LogP contribution in [0.1, 0.15) is 45.0 Å². The number of alkyl halides is 6. The molecule has 5 rings (SSSR count). The molecule has 0 saturated carbocycles. The van der Waals surface area contributed by atoms with Gasteiger partial charge in [0.05, 0.1) is 11.1 Å². The van der Waals surface area contributed by atoms with E-state index in [-0.39, 0.29) is 66.8 Å². The Morgan fingerprint density at radius 1 is 0.500 bits per heavy atom. The molecule has 0 bridgehead atoms. The first-order chi connectivity index (χ1) is 21.8. The fraction of sp³-hybridized carbons (Fsp3) is 0.0667. The molecule has 3 aromatic rings. The molecule has 0 radical (unpaired) electrons. The highest BCUT2D eigenvalue weighted by Gasteiger charge is 2.39. The van der Waals surface area contributed by atoms with Crippen LogP contribution in [0.3, 0.4) is 0 Å². The van der Waals surface area contributed by atoms with E-state index >= 15 is 0 Å². The minimum Gasteiger partial charge on any atom is -0.232 e. The Morgan fingerprint density at radius 3 is 1.07 bits per heavy atom. The first-order valence-corrected chi connectivity index (χ1v) is 12.2. The summed E-state index contributed by atoms with van der Waals surface area (Å²) in [6.07, 6.45) is -6.77. The van der Waals surface area contributed by atoms with Gasteiger partial charge in [-0.25, -0.2) is 19.9 Å². The highest BCUT2D eigenvalue weighted by atomic mass is 19.4. The maximum absolute atomic E-state index is 13.1. The molecule has 1 aromatic carbocycles. The van der Waals surface area contributed by atoms with Crippen LogP contribution < -0.4 is 0 Å². The quantitative estimate of drug-likeness (QED) is 0.249. The van der Waals surface area contributed by atoms with Crippen molar-refractivity contribution in [1.82, 2.24) is 19.9 Å². The van der Waals surface area contributed by atoms with Gasteiger partial charge in [-0.2, -0.15) is 57.9 Å². The third-order valence-corrected chi connectivity index (χ3v) is 6.79. The normalized spacial score (nSPS) is 13.5. The van der Waals surface area contributed by atoms with Gasteiger partial charge in [0, 0.05) is 69.3 Å². The summed E-state index contributed by atoms with van der Waals surface area (Å²) in [7, 11) is 0. The molecule has 2 heterocycles. The summed E-state index contributed by atoms with van der Waals surface area (Å²) >= 11 is 0. The van der Waals surface area contributed by atoms with E-state index in [1.165, 1.54) is 12.1 Å². The third-order valence-electron chi connectivity index (χ3n) is 6.79. The average molecular weight is 620 g/mol. The van der Waals surface area contributed by atoms with Crippen LogP contribution >= 0.6 is 0 Å². The second-order valence-electron chi connectivity index (χ2n) is 9.20. The van der Waals surface area contributed by atoms with Crippen LogP contribution in [0.15, 0.2) is 48.1 Å². The van der Waals surface area contributed by atoms with Crippen molar-refractivity contribution in [2.45, 2.75) is 12.4 Å². The molecule has 0 spiro atoms.